The number of unbranched alkanes of at least 4 members (excludes halogenated alkanes) is 26. The fraction of sp³-hybridized carbons (Fsp3) is 0.981. The third kappa shape index (κ3) is 24.1. The third-order valence-corrected chi connectivity index (χ3v) is 14.9. The molecule has 3 heterocycles. The molecule has 0 aromatic carbocycles. The topological polar surface area (TPSA) is 307 Å². The second-order valence-corrected chi connectivity index (χ2v) is 21.1. The van der Waals surface area contributed by atoms with Gasteiger partial charge in [-0.15, -0.1) is 0 Å². The Bertz CT molecular complexity index is 1350. The summed E-state index contributed by atoms with van der Waals surface area (Å²) in [7, 11) is 0. The van der Waals surface area contributed by atoms with Crippen molar-refractivity contribution in [3.8, 4) is 0 Å². The summed E-state index contributed by atoms with van der Waals surface area (Å²) in [6.07, 6.45) is 7.64. The quantitative estimate of drug-likeness (QED) is 0.0384. The number of nitrogens with one attached hydrogen (secondary N) is 1. The predicted molar refractivity (Wildman–Crippen MR) is 273 cm³/mol. The molecule has 17 unspecified atom stereocenters. The average molecular weight is 1050 g/mol. The van der Waals surface area contributed by atoms with E-state index in [1.165, 1.54) is 128 Å². The molecule has 3 fully saturated rings. The number of hydrogen-bond donors (Lipinski definition) is 12. The van der Waals surface area contributed by atoms with Crippen LogP contribution in [0.4, 0.5) is 0 Å². The first-order valence-electron chi connectivity index (χ1n) is 28.8. The molecule has 12 N–H and O–H groups in total. The van der Waals surface area contributed by atoms with Crippen LogP contribution in [0.3, 0.4) is 0 Å². The van der Waals surface area contributed by atoms with Gasteiger partial charge in [0.1, 0.15) is 73.2 Å². The SMILES string of the molecule is CCCCCCCCCCCCCCCCCCC(O)C(COC1OC(CO)C(OC2OC(CO)C(OC3OC(CO)C(O)C(O)C3O)C(O)C2O)C(O)C1O)NC(=O)CCCCCCCCCCCCCC. The van der Waals surface area contributed by atoms with Crippen LogP contribution in [0.1, 0.15) is 206 Å². The van der Waals surface area contributed by atoms with Crippen molar-refractivity contribution in [3.05, 3.63) is 0 Å². The largest absolute Gasteiger partial charge is 0.394 e. The summed E-state index contributed by atoms with van der Waals surface area (Å²) in [6, 6.07) is -0.878. The van der Waals surface area contributed by atoms with Gasteiger partial charge in [-0.2, -0.15) is 0 Å². The van der Waals surface area contributed by atoms with Crippen LogP contribution in [0.5, 0.6) is 0 Å². The third-order valence-electron chi connectivity index (χ3n) is 14.9. The van der Waals surface area contributed by atoms with E-state index in [0.29, 0.717) is 12.8 Å². The highest BCUT2D eigenvalue weighted by Gasteiger charge is 2.53. The lowest BCUT2D eigenvalue weighted by atomic mass is 9.96. The van der Waals surface area contributed by atoms with Gasteiger partial charge in [0, 0.05) is 6.42 Å². The smallest absolute Gasteiger partial charge is 0.220 e. The van der Waals surface area contributed by atoms with Gasteiger partial charge in [0.15, 0.2) is 18.9 Å². The van der Waals surface area contributed by atoms with Gasteiger partial charge in [-0.1, -0.05) is 187 Å². The zero-order valence-electron chi connectivity index (χ0n) is 44.6. The van der Waals surface area contributed by atoms with Crippen LogP contribution in [0, 0.1) is 0 Å². The van der Waals surface area contributed by atoms with E-state index in [2.05, 4.69) is 19.2 Å². The first-order chi connectivity index (χ1) is 35.3. The second kappa shape index (κ2) is 39.2. The number of aliphatic hydroxyl groups excluding tert-OH is 11. The van der Waals surface area contributed by atoms with Gasteiger partial charge in [0.05, 0.1) is 38.6 Å². The van der Waals surface area contributed by atoms with Crippen LogP contribution in [0.15, 0.2) is 0 Å². The van der Waals surface area contributed by atoms with E-state index in [4.69, 9.17) is 28.4 Å². The predicted octanol–water partition coefficient (Wildman–Crippen LogP) is 4.04. The lowest BCUT2D eigenvalue weighted by Crippen LogP contribution is -2.66. The molecule has 73 heavy (non-hydrogen) atoms. The minimum Gasteiger partial charge on any atom is -0.394 e. The molecule has 432 valence electrons. The van der Waals surface area contributed by atoms with Crippen LogP contribution < -0.4 is 5.32 Å². The maximum absolute atomic E-state index is 13.3. The number of carbonyl (C=O) groups is 1. The van der Waals surface area contributed by atoms with E-state index in [1.54, 1.807) is 0 Å². The number of amides is 1. The van der Waals surface area contributed by atoms with Gasteiger partial charge in [-0.05, 0) is 12.8 Å². The molecule has 3 saturated heterocycles. The molecule has 0 spiro atoms. The first-order valence-corrected chi connectivity index (χ1v) is 28.8. The molecule has 0 aromatic rings. The summed E-state index contributed by atoms with van der Waals surface area (Å²) in [5, 5.41) is 120. The molecule has 19 nitrogen and oxygen atoms in total. The number of rotatable bonds is 42. The number of hydrogen-bond acceptors (Lipinski definition) is 18. The van der Waals surface area contributed by atoms with Crippen molar-refractivity contribution in [2.45, 2.75) is 311 Å². The van der Waals surface area contributed by atoms with Crippen LogP contribution in [-0.4, -0.2) is 193 Å². The first kappa shape index (κ1) is 66.1. The van der Waals surface area contributed by atoms with Crippen molar-refractivity contribution < 1.29 is 89.4 Å². The molecule has 0 aromatic heterocycles. The van der Waals surface area contributed by atoms with E-state index in [0.717, 1.165) is 44.9 Å². The zero-order chi connectivity index (χ0) is 53.4. The van der Waals surface area contributed by atoms with Crippen LogP contribution in [0.25, 0.3) is 0 Å². The summed E-state index contributed by atoms with van der Waals surface area (Å²) in [5.74, 6) is -0.242. The summed E-state index contributed by atoms with van der Waals surface area (Å²) >= 11 is 0. The minimum atomic E-state index is -1.97. The number of carbonyl (C=O) groups excluding carboxylic acids is 1. The lowest BCUT2D eigenvalue weighted by molar-refractivity contribution is -0.379. The van der Waals surface area contributed by atoms with E-state index in [9.17, 15) is 61.0 Å². The Morgan fingerprint density at radius 2 is 0.781 bits per heavy atom. The molecule has 3 aliphatic rings. The van der Waals surface area contributed by atoms with E-state index < -0.39 is 124 Å². The molecule has 0 saturated carbocycles. The monoisotopic (exact) mass is 1050 g/mol. The van der Waals surface area contributed by atoms with Crippen molar-refractivity contribution in [2.24, 2.45) is 0 Å². The molecule has 0 radical (unpaired) electrons. The van der Waals surface area contributed by atoms with Crippen molar-refractivity contribution >= 4 is 5.91 Å². The molecule has 3 rings (SSSR count). The molecular weight excluding hydrogens is 951 g/mol. The van der Waals surface area contributed by atoms with Gasteiger partial charge >= 0.3 is 0 Å². The van der Waals surface area contributed by atoms with E-state index in [-0.39, 0.29) is 18.9 Å². The highest BCUT2D eigenvalue weighted by molar-refractivity contribution is 5.76. The van der Waals surface area contributed by atoms with Gasteiger partial charge in [0.2, 0.25) is 5.91 Å². The zero-order valence-corrected chi connectivity index (χ0v) is 44.6. The Morgan fingerprint density at radius 3 is 1.19 bits per heavy atom. The summed E-state index contributed by atoms with van der Waals surface area (Å²) < 4.78 is 34.2. The highest BCUT2D eigenvalue weighted by atomic mass is 16.8. The Kier molecular flexibility index (Phi) is 35.5. The Labute approximate surface area is 436 Å². The summed E-state index contributed by atoms with van der Waals surface area (Å²) in [5.41, 5.74) is 0. The normalized spacial score (nSPS) is 31.7. The number of aliphatic hydroxyl groups is 11. The molecule has 0 aliphatic carbocycles. The van der Waals surface area contributed by atoms with Gasteiger partial charge in [-0.3, -0.25) is 4.79 Å². The molecule has 0 bridgehead atoms. The Morgan fingerprint density at radius 1 is 0.438 bits per heavy atom. The minimum absolute atomic E-state index is 0.242. The molecular formula is C54H103NO18. The van der Waals surface area contributed by atoms with Crippen molar-refractivity contribution in [1.29, 1.82) is 0 Å². The molecule has 3 aliphatic heterocycles. The molecule has 17 atom stereocenters. The van der Waals surface area contributed by atoms with Crippen molar-refractivity contribution in [2.75, 3.05) is 26.4 Å². The van der Waals surface area contributed by atoms with Crippen LogP contribution in [-0.2, 0) is 33.2 Å². The van der Waals surface area contributed by atoms with E-state index >= 15 is 0 Å². The maximum atomic E-state index is 13.3. The van der Waals surface area contributed by atoms with Crippen molar-refractivity contribution in [3.63, 3.8) is 0 Å². The second-order valence-electron chi connectivity index (χ2n) is 21.1. The van der Waals surface area contributed by atoms with Crippen LogP contribution in [0.2, 0.25) is 0 Å². The molecule has 1 amide bonds. The fourth-order valence-electron chi connectivity index (χ4n) is 10.1. The highest BCUT2D eigenvalue weighted by Crippen LogP contribution is 2.33. The van der Waals surface area contributed by atoms with Crippen molar-refractivity contribution in [1.82, 2.24) is 5.32 Å². The summed E-state index contributed by atoms with van der Waals surface area (Å²) in [4.78, 5) is 13.3. The van der Waals surface area contributed by atoms with Gasteiger partial charge in [0.25, 0.3) is 0 Å². The summed E-state index contributed by atoms with van der Waals surface area (Å²) in [6.45, 7) is 1.78. The average Bonchev–Trinajstić information content (AvgIpc) is 3.39. The Hall–Kier alpha value is -1.21. The van der Waals surface area contributed by atoms with Gasteiger partial charge < -0.3 is 89.9 Å². The fourth-order valence-corrected chi connectivity index (χ4v) is 10.1. The molecule has 19 heteroatoms. The lowest BCUT2D eigenvalue weighted by Gasteiger charge is -2.48. The maximum Gasteiger partial charge on any atom is 0.220 e. The van der Waals surface area contributed by atoms with Gasteiger partial charge in [-0.25, -0.2) is 0 Å². The Balaban J connectivity index is 1.51. The number of ether oxygens (including phenoxy) is 6. The standard InChI is InChI=1S/C54H103NO18/c1-3-5-7-9-11-13-15-17-18-19-20-21-23-25-27-29-31-38(59)37(55-42(60)32-30-28-26-24-22-16-14-12-10-8-6-4-2)36-68-52-48(66)45(63)50(40(34-57)70-52)73-54-49(67)46(64)51(41(35-58)71-54)72-53-47(65)44(62)43(61)39(33-56)69-53/h37-41,43-54,56-59,61-67H,3-36H2,1-2H3,(H,55,60). The van der Waals surface area contributed by atoms with E-state index in [1.807, 2.05) is 0 Å². The van der Waals surface area contributed by atoms with Crippen LogP contribution >= 0.6 is 0 Å².